The summed E-state index contributed by atoms with van der Waals surface area (Å²) in [5.41, 5.74) is 1.03. The summed E-state index contributed by atoms with van der Waals surface area (Å²) in [7, 11) is 0. The average Bonchev–Trinajstić information content (AvgIpc) is 2.05. The number of rotatable bonds is 3. The van der Waals surface area contributed by atoms with E-state index in [1.54, 1.807) is 24.3 Å². The molecule has 1 unspecified atom stereocenters. The molecule has 2 N–H and O–H groups in total. The van der Waals surface area contributed by atoms with Gasteiger partial charge in [0.15, 0.2) is 0 Å². The first-order valence-electron chi connectivity index (χ1n) is 3.15. The Labute approximate surface area is 72.0 Å². The van der Waals surface area contributed by atoms with Crippen molar-refractivity contribution in [2.24, 2.45) is 0 Å². The number of nitrogens with one attached hydrogen (secondary N) is 1. The number of anilines is 1. The highest BCUT2D eigenvalue weighted by Crippen LogP contribution is 2.07. The predicted octanol–water partition coefficient (Wildman–Crippen LogP) is 1.05. The number of hydrogen-bond acceptors (Lipinski definition) is 2. The quantitative estimate of drug-likeness (QED) is 0.546. The molecule has 1 atom stereocenters. The van der Waals surface area contributed by atoms with Gasteiger partial charge in [-0.2, -0.15) is 0 Å². The molecule has 0 aromatic heterocycles. The normalized spacial score (nSPS) is 12.1. The summed E-state index contributed by atoms with van der Waals surface area (Å²) >= 11 is -2.06. The molecule has 0 aliphatic carbocycles. The lowest BCUT2D eigenvalue weighted by atomic mass is 10.2. The van der Waals surface area contributed by atoms with Crippen molar-refractivity contribution in [1.82, 2.24) is 0 Å². The summed E-state index contributed by atoms with van der Waals surface area (Å²) < 4.78 is 20.9. The Morgan fingerprint density at radius 1 is 1.33 bits per heavy atom. The Kier molecular flexibility index (Phi) is 2.95. The average molecular weight is 185 g/mol. The van der Waals surface area contributed by atoms with Crippen LogP contribution in [0.1, 0.15) is 10.4 Å². The second kappa shape index (κ2) is 3.99. The molecule has 0 amide bonds. The maximum atomic E-state index is 10.3. The molecular weight excluding hydrogens is 178 g/mol. The number of benzene rings is 1. The lowest BCUT2D eigenvalue weighted by Gasteiger charge is -1.99. The predicted molar refractivity (Wildman–Crippen MR) is 46.2 cm³/mol. The molecule has 0 saturated heterocycles. The van der Waals surface area contributed by atoms with Gasteiger partial charge < -0.3 is 0 Å². The zero-order valence-electron chi connectivity index (χ0n) is 6.06. The molecule has 0 aliphatic rings. The summed E-state index contributed by atoms with van der Waals surface area (Å²) in [6, 6.07) is 6.22. The van der Waals surface area contributed by atoms with Gasteiger partial charge in [-0.05, 0) is 24.3 Å². The fraction of sp³-hybridized carbons (Fsp3) is 0. The SMILES string of the molecule is O=Cc1ccc(NS(=O)O)cc1. The van der Waals surface area contributed by atoms with Crippen LogP contribution in [0.5, 0.6) is 0 Å². The lowest BCUT2D eigenvalue weighted by Crippen LogP contribution is -2.01. The second-order valence-corrected chi connectivity index (χ2v) is 2.79. The maximum absolute atomic E-state index is 10.3. The molecule has 64 valence electrons. The molecule has 0 heterocycles. The van der Waals surface area contributed by atoms with Crippen molar-refractivity contribution < 1.29 is 13.6 Å². The molecule has 1 aromatic rings. The first-order chi connectivity index (χ1) is 5.72. The molecule has 0 saturated carbocycles. The van der Waals surface area contributed by atoms with Gasteiger partial charge in [-0.1, -0.05) is 0 Å². The van der Waals surface area contributed by atoms with Gasteiger partial charge in [0.2, 0.25) is 0 Å². The Bertz CT molecular complexity index is 296. The van der Waals surface area contributed by atoms with E-state index in [1.165, 1.54) is 0 Å². The smallest absolute Gasteiger partial charge is 0.259 e. The number of aldehydes is 1. The van der Waals surface area contributed by atoms with Gasteiger partial charge in [0, 0.05) is 11.3 Å². The fourth-order valence-electron chi connectivity index (χ4n) is 0.731. The zero-order chi connectivity index (χ0) is 8.97. The monoisotopic (exact) mass is 185 g/mol. The van der Waals surface area contributed by atoms with E-state index in [2.05, 4.69) is 4.72 Å². The number of carbonyl (C=O) groups is 1. The summed E-state index contributed by atoms with van der Waals surface area (Å²) in [5.74, 6) is 0. The second-order valence-electron chi connectivity index (χ2n) is 2.09. The van der Waals surface area contributed by atoms with Crippen molar-refractivity contribution in [2.75, 3.05) is 4.72 Å². The van der Waals surface area contributed by atoms with Crippen LogP contribution in [0.4, 0.5) is 5.69 Å². The van der Waals surface area contributed by atoms with Crippen LogP contribution < -0.4 is 4.72 Å². The third-order valence-electron chi connectivity index (χ3n) is 1.25. The van der Waals surface area contributed by atoms with Gasteiger partial charge >= 0.3 is 0 Å². The molecule has 0 aliphatic heterocycles. The summed E-state index contributed by atoms with van der Waals surface area (Å²) in [6.45, 7) is 0. The lowest BCUT2D eigenvalue weighted by molar-refractivity contribution is 0.112. The largest absolute Gasteiger partial charge is 0.298 e. The molecule has 1 aromatic carbocycles. The van der Waals surface area contributed by atoms with Gasteiger partial charge in [-0.15, -0.1) is 0 Å². The van der Waals surface area contributed by atoms with Gasteiger partial charge in [-0.3, -0.25) is 14.1 Å². The highest BCUT2D eigenvalue weighted by molar-refractivity contribution is 7.80. The number of carbonyl (C=O) groups excluding carboxylic acids is 1. The van der Waals surface area contributed by atoms with Crippen LogP contribution >= 0.6 is 0 Å². The van der Waals surface area contributed by atoms with Crippen LogP contribution in [0.15, 0.2) is 24.3 Å². The van der Waals surface area contributed by atoms with Gasteiger partial charge in [0.05, 0.1) is 0 Å². The van der Waals surface area contributed by atoms with E-state index in [0.29, 0.717) is 17.5 Å². The van der Waals surface area contributed by atoms with Crippen LogP contribution in [-0.2, 0) is 11.3 Å². The van der Waals surface area contributed by atoms with Crippen LogP contribution in [0.25, 0.3) is 0 Å². The maximum Gasteiger partial charge on any atom is 0.259 e. The summed E-state index contributed by atoms with van der Waals surface area (Å²) in [5, 5.41) is 0. The molecule has 4 nitrogen and oxygen atoms in total. The van der Waals surface area contributed by atoms with Gasteiger partial charge in [-0.25, -0.2) is 4.21 Å². The van der Waals surface area contributed by atoms with Crippen LogP contribution in [0, 0.1) is 0 Å². The topological polar surface area (TPSA) is 66.4 Å². The molecule has 0 fully saturated rings. The Morgan fingerprint density at radius 2 is 1.92 bits per heavy atom. The Balaban J connectivity index is 2.77. The third kappa shape index (κ3) is 2.44. The molecule has 5 heteroatoms. The van der Waals surface area contributed by atoms with Crippen molar-refractivity contribution in [1.29, 1.82) is 0 Å². The van der Waals surface area contributed by atoms with Crippen molar-refractivity contribution in [2.45, 2.75) is 0 Å². The minimum atomic E-state index is -2.06. The first kappa shape index (κ1) is 8.89. The van der Waals surface area contributed by atoms with E-state index in [0.717, 1.165) is 0 Å². The van der Waals surface area contributed by atoms with Crippen molar-refractivity contribution in [3.8, 4) is 0 Å². The number of hydrogen-bond donors (Lipinski definition) is 2. The van der Waals surface area contributed by atoms with Crippen LogP contribution in [0.3, 0.4) is 0 Å². The molecule has 0 radical (unpaired) electrons. The van der Waals surface area contributed by atoms with E-state index in [-0.39, 0.29) is 0 Å². The van der Waals surface area contributed by atoms with Crippen LogP contribution in [-0.4, -0.2) is 15.0 Å². The zero-order valence-corrected chi connectivity index (χ0v) is 6.88. The molecular formula is C7H7NO3S. The van der Waals surface area contributed by atoms with E-state index >= 15 is 0 Å². The first-order valence-corrected chi connectivity index (χ1v) is 4.26. The minimum Gasteiger partial charge on any atom is -0.298 e. The van der Waals surface area contributed by atoms with E-state index in [4.69, 9.17) is 4.55 Å². The molecule has 0 bridgehead atoms. The highest BCUT2D eigenvalue weighted by atomic mass is 32.2. The van der Waals surface area contributed by atoms with Crippen molar-refractivity contribution in [3.05, 3.63) is 29.8 Å². The summed E-state index contributed by atoms with van der Waals surface area (Å²) in [6.07, 6.45) is 0.708. The van der Waals surface area contributed by atoms with E-state index < -0.39 is 11.3 Å². The van der Waals surface area contributed by atoms with E-state index in [9.17, 15) is 9.00 Å². The van der Waals surface area contributed by atoms with E-state index in [1.807, 2.05) is 0 Å². The molecule has 0 spiro atoms. The molecule has 12 heavy (non-hydrogen) atoms. The summed E-state index contributed by atoms with van der Waals surface area (Å²) in [4.78, 5) is 10.2. The van der Waals surface area contributed by atoms with Gasteiger partial charge in [0.25, 0.3) is 11.3 Å². The van der Waals surface area contributed by atoms with Gasteiger partial charge in [0.1, 0.15) is 6.29 Å². The van der Waals surface area contributed by atoms with Crippen molar-refractivity contribution in [3.63, 3.8) is 0 Å². The fourth-order valence-corrected chi connectivity index (χ4v) is 1.07. The highest BCUT2D eigenvalue weighted by Gasteiger charge is 1.94. The third-order valence-corrected chi connectivity index (χ3v) is 1.66. The molecule has 1 rings (SSSR count). The van der Waals surface area contributed by atoms with Crippen molar-refractivity contribution >= 4 is 23.2 Å². The van der Waals surface area contributed by atoms with Crippen LogP contribution in [0.2, 0.25) is 0 Å². The Morgan fingerprint density at radius 3 is 2.33 bits per heavy atom. The minimum absolute atomic E-state index is 0.501. The Hall–Kier alpha value is -1.20. The standard InChI is InChI=1S/C7H7NO3S/c9-5-6-1-3-7(4-2-6)8-12(10)11/h1-5,8H,(H,10,11).